The highest BCUT2D eigenvalue weighted by atomic mass is 35.5. The monoisotopic (exact) mass is 475 g/mol. The lowest BCUT2D eigenvalue weighted by molar-refractivity contribution is -0.129. The Morgan fingerprint density at radius 1 is 1.23 bits per heavy atom. The largest absolute Gasteiger partial charge is 0.339 e. The van der Waals surface area contributed by atoms with Crippen molar-refractivity contribution < 1.29 is 17.6 Å². The first-order valence-electron chi connectivity index (χ1n) is 9.36. The third kappa shape index (κ3) is 4.79. The van der Waals surface area contributed by atoms with Crippen molar-refractivity contribution in [1.82, 2.24) is 24.0 Å². The van der Waals surface area contributed by atoms with Crippen molar-refractivity contribution in [2.45, 2.75) is 29.8 Å². The SMILES string of the molecule is CC(C)c1nnc(SCC(=O)N2CCN(S(=O)(=O)c3ccc(F)c(Cl)c3)CC2)n1C. The summed E-state index contributed by atoms with van der Waals surface area (Å²) in [6, 6.07) is 3.33. The lowest BCUT2D eigenvalue weighted by atomic mass is 10.2. The summed E-state index contributed by atoms with van der Waals surface area (Å²) in [5.41, 5.74) is 0. The summed E-state index contributed by atoms with van der Waals surface area (Å²) in [4.78, 5) is 14.1. The zero-order valence-electron chi connectivity index (χ0n) is 16.9. The van der Waals surface area contributed by atoms with Gasteiger partial charge in [0, 0.05) is 39.1 Å². The van der Waals surface area contributed by atoms with E-state index in [0.717, 1.165) is 18.0 Å². The van der Waals surface area contributed by atoms with Crippen LogP contribution in [0, 0.1) is 5.82 Å². The number of hydrogen-bond donors (Lipinski definition) is 0. The van der Waals surface area contributed by atoms with Gasteiger partial charge in [-0.05, 0) is 18.2 Å². The van der Waals surface area contributed by atoms with E-state index in [1.54, 1.807) is 4.90 Å². The van der Waals surface area contributed by atoms with E-state index in [1.807, 2.05) is 25.5 Å². The number of hydrogen-bond acceptors (Lipinski definition) is 6. The molecule has 0 radical (unpaired) electrons. The highest BCUT2D eigenvalue weighted by Gasteiger charge is 2.30. The van der Waals surface area contributed by atoms with Crippen LogP contribution in [-0.4, -0.2) is 70.2 Å². The Morgan fingerprint density at radius 2 is 1.90 bits per heavy atom. The second kappa shape index (κ2) is 9.21. The van der Waals surface area contributed by atoms with Gasteiger partial charge in [-0.3, -0.25) is 4.79 Å². The summed E-state index contributed by atoms with van der Waals surface area (Å²) >= 11 is 7.02. The molecule has 1 fully saturated rings. The van der Waals surface area contributed by atoms with Gasteiger partial charge in [-0.15, -0.1) is 10.2 Å². The average Bonchev–Trinajstić information content (AvgIpc) is 3.09. The molecule has 2 heterocycles. The molecular formula is C18H23ClFN5O3S2. The second-order valence-electron chi connectivity index (χ2n) is 7.20. The smallest absolute Gasteiger partial charge is 0.243 e. The predicted octanol–water partition coefficient (Wildman–Crippen LogP) is 2.36. The first kappa shape index (κ1) is 23.0. The van der Waals surface area contributed by atoms with Gasteiger partial charge < -0.3 is 9.47 Å². The number of amides is 1. The average molecular weight is 476 g/mol. The van der Waals surface area contributed by atoms with E-state index < -0.39 is 15.8 Å². The molecule has 1 aliphatic heterocycles. The maximum absolute atomic E-state index is 13.3. The molecule has 8 nitrogen and oxygen atoms in total. The van der Waals surface area contributed by atoms with Gasteiger partial charge in [0.15, 0.2) is 5.16 Å². The lowest BCUT2D eigenvalue weighted by Gasteiger charge is -2.34. The minimum absolute atomic E-state index is 0.0625. The van der Waals surface area contributed by atoms with Crippen molar-refractivity contribution in [2.24, 2.45) is 7.05 Å². The van der Waals surface area contributed by atoms with Gasteiger partial charge >= 0.3 is 0 Å². The molecule has 0 N–H and O–H groups in total. The number of aromatic nitrogens is 3. The first-order chi connectivity index (χ1) is 14.1. The van der Waals surface area contributed by atoms with Crippen LogP contribution in [0.4, 0.5) is 4.39 Å². The van der Waals surface area contributed by atoms with Crippen molar-refractivity contribution in [1.29, 1.82) is 0 Å². The zero-order valence-corrected chi connectivity index (χ0v) is 19.3. The van der Waals surface area contributed by atoms with Gasteiger partial charge in [0.1, 0.15) is 11.6 Å². The molecular weight excluding hydrogens is 453 g/mol. The Balaban J connectivity index is 1.57. The molecule has 1 amide bonds. The topological polar surface area (TPSA) is 88.4 Å². The lowest BCUT2D eigenvalue weighted by Crippen LogP contribution is -2.51. The van der Waals surface area contributed by atoms with Crippen molar-refractivity contribution >= 4 is 39.3 Å². The molecule has 3 rings (SSSR count). The van der Waals surface area contributed by atoms with Crippen molar-refractivity contribution in [2.75, 3.05) is 31.9 Å². The zero-order chi connectivity index (χ0) is 22.1. The Bertz CT molecular complexity index is 1040. The fraction of sp³-hybridized carbons (Fsp3) is 0.500. The fourth-order valence-corrected chi connectivity index (χ4v) is 5.65. The van der Waals surface area contributed by atoms with Crippen LogP contribution < -0.4 is 0 Å². The molecule has 1 saturated heterocycles. The van der Waals surface area contributed by atoms with E-state index in [1.165, 1.54) is 22.1 Å². The number of nitrogens with zero attached hydrogens (tertiary/aromatic N) is 5. The summed E-state index contributed by atoms with van der Waals surface area (Å²) in [6.45, 7) is 4.94. The molecule has 0 unspecified atom stereocenters. The molecule has 0 saturated carbocycles. The second-order valence-corrected chi connectivity index (χ2v) is 10.5. The highest BCUT2D eigenvalue weighted by Crippen LogP contribution is 2.24. The van der Waals surface area contributed by atoms with Crippen molar-refractivity contribution in [3.8, 4) is 0 Å². The number of thioether (sulfide) groups is 1. The third-order valence-corrected chi connectivity index (χ3v) is 8.02. The van der Waals surface area contributed by atoms with Crippen LogP contribution in [0.2, 0.25) is 5.02 Å². The van der Waals surface area contributed by atoms with Gasteiger partial charge in [0.2, 0.25) is 15.9 Å². The van der Waals surface area contributed by atoms with Crippen LogP contribution in [-0.2, 0) is 21.9 Å². The number of sulfonamides is 1. The third-order valence-electron chi connectivity index (χ3n) is 4.83. The van der Waals surface area contributed by atoms with E-state index in [2.05, 4.69) is 10.2 Å². The Labute approximate surface area is 184 Å². The maximum atomic E-state index is 13.3. The highest BCUT2D eigenvalue weighted by molar-refractivity contribution is 7.99. The van der Waals surface area contributed by atoms with Gasteiger partial charge in [-0.25, -0.2) is 12.8 Å². The number of carbonyl (C=O) groups is 1. The first-order valence-corrected chi connectivity index (χ1v) is 12.2. The van der Waals surface area contributed by atoms with Crippen molar-refractivity contribution in [3.63, 3.8) is 0 Å². The minimum Gasteiger partial charge on any atom is -0.339 e. The molecule has 1 aliphatic rings. The number of rotatable bonds is 6. The van der Waals surface area contributed by atoms with E-state index in [9.17, 15) is 17.6 Å². The minimum atomic E-state index is -3.80. The van der Waals surface area contributed by atoms with E-state index in [4.69, 9.17) is 11.6 Å². The summed E-state index contributed by atoms with van der Waals surface area (Å²) in [7, 11) is -1.93. The Hall–Kier alpha value is -1.69. The summed E-state index contributed by atoms with van der Waals surface area (Å²) in [5, 5.41) is 8.69. The van der Waals surface area contributed by atoms with Gasteiger partial charge in [0.05, 0.1) is 15.7 Å². The predicted molar refractivity (Wildman–Crippen MR) is 113 cm³/mol. The molecule has 0 aliphatic carbocycles. The van der Waals surface area contributed by atoms with Crippen LogP contribution in [0.1, 0.15) is 25.6 Å². The molecule has 30 heavy (non-hydrogen) atoms. The van der Waals surface area contributed by atoms with Crippen LogP contribution in [0.5, 0.6) is 0 Å². The number of benzene rings is 1. The normalized spacial score (nSPS) is 15.7. The van der Waals surface area contributed by atoms with Gasteiger partial charge in [0.25, 0.3) is 0 Å². The molecule has 0 bridgehead atoms. The molecule has 0 atom stereocenters. The van der Waals surface area contributed by atoms with Crippen molar-refractivity contribution in [3.05, 3.63) is 34.9 Å². The van der Waals surface area contributed by atoms with Gasteiger partial charge in [-0.1, -0.05) is 37.2 Å². The molecule has 12 heteroatoms. The van der Waals surface area contributed by atoms with Crippen LogP contribution >= 0.6 is 23.4 Å². The Morgan fingerprint density at radius 3 is 2.47 bits per heavy atom. The fourth-order valence-electron chi connectivity index (χ4n) is 3.14. The van der Waals surface area contributed by atoms with Crippen LogP contribution in [0.25, 0.3) is 0 Å². The summed E-state index contributed by atoms with van der Waals surface area (Å²) in [5.74, 6) is 0.524. The van der Waals surface area contributed by atoms with E-state index in [-0.39, 0.29) is 53.7 Å². The number of carbonyl (C=O) groups excluding carboxylic acids is 1. The molecule has 164 valence electrons. The quantitative estimate of drug-likeness (QED) is 0.596. The summed E-state index contributed by atoms with van der Waals surface area (Å²) < 4.78 is 42.0. The van der Waals surface area contributed by atoms with E-state index in [0.29, 0.717) is 5.16 Å². The number of piperazine rings is 1. The van der Waals surface area contributed by atoms with E-state index >= 15 is 0 Å². The molecule has 2 aromatic rings. The maximum Gasteiger partial charge on any atom is 0.243 e. The standard InChI is InChI=1S/C18H23ClFN5O3S2/c1-12(2)17-21-22-18(23(17)3)29-11-16(26)24-6-8-25(9-7-24)30(27,28)13-4-5-15(20)14(19)10-13/h4-5,10,12H,6-9,11H2,1-3H3. The Kier molecular flexibility index (Phi) is 7.05. The summed E-state index contributed by atoms with van der Waals surface area (Å²) in [6.07, 6.45) is 0. The molecule has 1 aromatic carbocycles. The van der Waals surface area contributed by atoms with Gasteiger partial charge in [-0.2, -0.15) is 4.31 Å². The van der Waals surface area contributed by atoms with Crippen LogP contribution in [0.3, 0.4) is 0 Å². The van der Waals surface area contributed by atoms with Crippen LogP contribution in [0.15, 0.2) is 28.3 Å². The molecule has 1 aromatic heterocycles. The molecule has 0 spiro atoms. The number of halogens is 2.